The van der Waals surface area contributed by atoms with Crippen LogP contribution in [0, 0.1) is 6.92 Å². The molecule has 0 unspecified atom stereocenters. The molecule has 3 aromatic rings. The maximum Gasteiger partial charge on any atom is 0.138 e. The normalized spacial score (nSPS) is 11.2. The number of rotatable bonds is 3. The van der Waals surface area contributed by atoms with Crippen LogP contribution in [-0.4, -0.2) is 18.3 Å². The molecule has 0 atom stereocenters. The fourth-order valence-electron chi connectivity index (χ4n) is 2.17. The van der Waals surface area contributed by atoms with E-state index in [4.69, 9.17) is 16.3 Å². The monoisotopic (exact) mass is 310 g/mol. The van der Waals surface area contributed by atoms with Crippen molar-refractivity contribution in [2.24, 2.45) is 4.99 Å². The van der Waals surface area contributed by atoms with Crippen molar-refractivity contribution >= 4 is 34.4 Å². The number of nitrogens with zero attached hydrogens (tertiary/aromatic N) is 2. The van der Waals surface area contributed by atoms with Crippen molar-refractivity contribution in [3.63, 3.8) is 0 Å². The molecule has 3 rings (SSSR count). The minimum absolute atomic E-state index is 0.454. The smallest absolute Gasteiger partial charge is 0.138 e. The van der Waals surface area contributed by atoms with Gasteiger partial charge in [0, 0.05) is 17.2 Å². The summed E-state index contributed by atoms with van der Waals surface area (Å²) in [5, 5.41) is 1.50. The van der Waals surface area contributed by atoms with E-state index in [9.17, 15) is 0 Å². The Balaban J connectivity index is 1.93. The predicted molar refractivity (Wildman–Crippen MR) is 91.7 cm³/mol. The Morgan fingerprint density at radius 1 is 1.09 bits per heavy atom. The first-order valence-electron chi connectivity index (χ1n) is 6.91. The zero-order valence-electron chi connectivity index (χ0n) is 12.4. The van der Waals surface area contributed by atoms with Crippen LogP contribution in [0.4, 0.5) is 5.69 Å². The molecule has 0 aliphatic rings. The second kappa shape index (κ2) is 6.16. The largest absolute Gasteiger partial charge is 0.497 e. The Hall–Kier alpha value is -2.39. The fourth-order valence-corrected chi connectivity index (χ4v) is 2.37. The van der Waals surface area contributed by atoms with Gasteiger partial charge in [0.15, 0.2) is 0 Å². The van der Waals surface area contributed by atoms with Gasteiger partial charge in [0.25, 0.3) is 0 Å². The average Bonchev–Trinajstić information content (AvgIpc) is 2.53. The molecule has 0 saturated carbocycles. The summed E-state index contributed by atoms with van der Waals surface area (Å²) in [6.45, 7) is 2.04. The Kier molecular flexibility index (Phi) is 4.07. The summed E-state index contributed by atoms with van der Waals surface area (Å²) in [6, 6.07) is 15.6. The SMILES string of the molecule is COc1ccc(N=Cc2cc3ccc(C)cc3nc2Cl)cc1. The predicted octanol–water partition coefficient (Wildman–Crippen LogP) is 4.96. The maximum absolute atomic E-state index is 6.25. The summed E-state index contributed by atoms with van der Waals surface area (Å²) in [7, 11) is 1.64. The summed E-state index contributed by atoms with van der Waals surface area (Å²) >= 11 is 6.25. The van der Waals surface area contributed by atoms with Gasteiger partial charge in [-0.2, -0.15) is 0 Å². The number of pyridine rings is 1. The fraction of sp³-hybridized carbons (Fsp3) is 0.111. The molecule has 22 heavy (non-hydrogen) atoms. The standard InChI is InChI=1S/C18H15ClN2O/c1-12-3-4-13-10-14(18(19)21-17(13)9-12)11-20-15-5-7-16(22-2)8-6-15/h3-11H,1-2H3. The molecule has 0 N–H and O–H groups in total. The minimum Gasteiger partial charge on any atom is -0.497 e. The number of hydrogen-bond acceptors (Lipinski definition) is 3. The van der Waals surface area contributed by atoms with E-state index < -0.39 is 0 Å². The van der Waals surface area contributed by atoms with Crippen LogP contribution in [0.2, 0.25) is 5.15 Å². The molecule has 0 aliphatic carbocycles. The van der Waals surface area contributed by atoms with Crippen LogP contribution in [0.5, 0.6) is 5.75 Å². The number of halogens is 1. The summed E-state index contributed by atoms with van der Waals surface area (Å²) in [6.07, 6.45) is 1.73. The van der Waals surface area contributed by atoms with Gasteiger partial charge in [0.2, 0.25) is 0 Å². The number of fused-ring (bicyclic) bond motifs is 1. The minimum atomic E-state index is 0.454. The molecule has 110 valence electrons. The lowest BCUT2D eigenvalue weighted by molar-refractivity contribution is 0.415. The van der Waals surface area contributed by atoms with Crippen LogP contribution in [0.1, 0.15) is 11.1 Å². The van der Waals surface area contributed by atoms with Gasteiger partial charge >= 0.3 is 0 Å². The average molecular weight is 311 g/mol. The molecule has 4 heteroatoms. The molecule has 3 nitrogen and oxygen atoms in total. The number of aryl methyl sites for hydroxylation is 1. The van der Waals surface area contributed by atoms with Gasteiger partial charge in [-0.15, -0.1) is 0 Å². The number of benzene rings is 2. The van der Waals surface area contributed by atoms with Gasteiger partial charge in [-0.25, -0.2) is 4.98 Å². The quantitative estimate of drug-likeness (QED) is 0.506. The number of methoxy groups -OCH3 is 1. The van der Waals surface area contributed by atoms with Crippen LogP contribution < -0.4 is 4.74 Å². The molecule has 2 aromatic carbocycles. The third-order valence-corrected chi connectivity index (χ3v) is 3.68. The van der Waals surface area contributed by atoms with E-state index >= 15 is 0 Å². The maximum atomic E-state index is 6.25. The third-order valence-electron chi connectivity index (χ3n) is 3.38. The van der Waals surface area contributed by atoms with E-state index in [0.717, 1.165) is 33.5 Å². The van der Waals surface area contributed by atoms with Crippen LogP contribution in [0.25, 0.3) is 10.9 Å². The van der Waals surface area contributed by atoms with E-state index in [0.29, 0.717) is 5.15 Å². The number of aliphatic imine (C=N–C) groups is 1. The lowest BCUT2D eigenvalue weighted by atomic mass is 10.1. The van der Waals surface area contributed by atoms with Gasteiger partial charge in [0.1, 0.15) is 10.9 Å². The highest BCUT2D eigenvalue weighted by Gasteiger charge is 2.03. The van der Waals surface area contributed by atoms with Gasteiger partial charge in [-0.05, 0) is 48.9 Å². The lowest BCUT2D eigenvalue weighted by Crippen LogP contribution is -1.89. The van der Waals surface area contributed by atoms with Crippen molar-refractivity contribution in [2.45, 2.75) is 6.92 Å². The molecule has 0 fully saturated rings. The van der Waals surface area contributed by atoms with Crippen molar-refractivity contribution < 1.29 is 4.74 Å². The first-order chi connectivity index (χ1) is 10.7. The summed E-state index contributed by atoms with van der Waals surface area (Å²) in [5.41, 5.74) is 3.69. The molecule has 1 heterocycles. The number of ether oxygens (including phenoxy) is 1. The first-order valence-corrected chi connectivity index (χ1v) is 7.28. The Bertz CT molecular complexity index is 842. The van der Waals surface area contributed by atoms with Crippen LogP contribution in [-0.2, 0) is 0 Å². The Labute approximate surface area is 134 Å². The second-order valence-corrected chi connectivity index (χ2v) is 5.38. The second-order valence-electron chi connectivity index (χ2n) is 5.02. The highest BCUT2D eigenvalue weighted by Crippen LogP contribution is 2.22. The zero-order chi connectivity index (χ0) is 15.5. The van der Waals surface area contributed by atoms with E-state index in [-0.39, 0.29) is 0 Å². The molecular weight excluding hydrogens is 296 g/mol. The van der Waals surface area contributed by atoms with Crippen molar-refractivity contribution in [3.8, 4) is 5.75 Å². The number of aromatic nitrogens is 1. The molecule has 0 amide bonds. The zero-order valence-corrected chi connectivity index (χ0v) is 13.1. The van der Waals surface area contributed by atoms with Crippen molar-refractivity contribution in [2.75, 3.05) is 7.11 Å². The van der Waals surface area contributed by atoms with Gasteiger partial charge < -0.3 is 4.74 Å². The van der Waals surface area contributed by atoms with Crippen molar-refractivity contribution in [1.29, 1.82) is 0 Å². The van der Waals surface area contributed by atoms with Crippen LogP contribution in [0.3, 0.4) is 0 Å². The number of hydrogen-bond donors (Lipinski definition) is 0. The summed E-state index contributed by atoms with van der Waals surface area (Å²) in [4.78, 5) is 8.86. The summed E-state index contributed by atoms with van der Waals surface area (Å²) < 4.78 is 5.13. The molecular formula is C18H15ClN2O. The molecule has 0 aliphatic heterocycles. The van der Waals surface area contributed by atoms with E-state index in [2.05, 4.69) is 16.0 Å². The van der Waals surface area contributed by atoms with E-state index in [1.54, 1.807) is 13.3 Å². The first kappa shape index (κ1) is 14.5. The highest BCUT2D eigenvalue weighted by atomic mass is 35.5. The highest BCUT2D eigenvalue weighted by molar-refractivity contribution is 6.32. The Morgan fingerprint density at radius 3 is 2.59 bits per heavy atom. The molecule has 0 radical (unpaired) electrons. The lowest BCUT2D eigenvalue weighted by Gasteiger charge is -2.03. The summed E-state index contributed by atoms with van der Waals surface area (Å²) in [5.74, 6) is 0.805. The van der Waals surface area contributed by atoms with Gasteiger partial charge in [-0.1, -0.05) is 23.7 Å². The topological polar surface area (TPSA) is 34.5 Å². The van der Waals surface area contributed by atoms with Gasteiger partial charge in [0.05, 0.1) is 18.3 Å². The van der Waals surface area contributed by atoms with Gasteiger partial charge in [-0.3, -0.25) is 4.99 Å². The molecule has 0 bridgehead atoms. The van der Waals surface area contributed by atoms with Crippen LogP contribution in [0.15, 0.2) is 53.5 Å². The molecule has 0 saturated heterocycles. The molecule has 0 spiro atoms. The van der Waals surface area contributed by atoms with Crippen molar-refractivity contribution in [3.05, 3.63) is 64.8 Å². The molecule has 1 aromatic heterocycles. The van der Waals surface area contributed by atoms with E-state index in [1.165, 1.54) is 0 Å². The Morgan fingerprint density at radius 2 is 1.86 bits per heavy atom. The van der Waals surface area contributed by atoms with Crippen LogP contribution >= 0.6 is 11.6 Å². The van der Waals surface area contributed by atoms with E-state index in [1.807, 2.05) is 49.4 Å². The van der Waals surface area contributed by atoms with Crippen molar-refractivity contribution in [1.82, 2.24) is 4.98 Å². The third kappa shape index (κ3) is 3.10.